The molecule has 1 fully saturated rings. The molecule has 3 amide bonds. The van der Waals surface area contributed by atoms with E-state index in [1.54, 1.807) is 24.3 Å². The van der Waals surface area contributed by atoms with Gasteiger partial charge in [0.1, 0.15) is 11.5 Å². The number of anilines is 1. The van der Waals surface area contributed by atoms with Crippen molar-refractivity contribution in [2.24, 2.45) is 0 Å². The summed E-state index contributed by atoms with van der Waals surface area (Å²) in [5.41, 5.74) is 0.935. The van der Waals surface area contributed by atoms with Gasteiger partial charge < -0.3 is 5.32 Å². The van der Waals surface area contributed by atoms with Crippen LogP contribution in [0.15, 0.2) is 54.2 Å². The van der Waals surface area contributed by atoms with Gasteiger partial charge >= 0.3 is 6.03 Å². The fraction of sp³-hybridized carbons (Fsp3) is 0. The third-order valence-corrected chi connectivity index (χ3v) is 3.34. The zero-order valence-electron chi connectivity index (χ0n) is 11.2. The van der Waals surface area contributed by atoms with E-state index in [0.717, 1.165) is 4.90 Å². The molecule has 0 aromatic heterocycles. The topological polar surface area (TPSA) is 49.4 Å². The minimum atomic E-state index is -0.574. The predicted molar refractivity (Wildman–Crippen MR) is 81.8 cm³/mol. The average Bonchev–Trinajstić information content (AvgIpc) is 2.73. The van der Waals surface area contributed by atoms with E-state index >= 15 is 0 Å². The summed E-state index contributed by atoms with van der Waals surface area (Å²) in [6, 6.07) is 11.6. The molecule has 1 heterocycles. The monoisotopic (exact) mass is 316 g/mol. The number of hydrogen-bond acceptors (Lipinski definition) is 2. The summed E-state index contributed by atoms with van der Waals surface area (Å²) in [6.45, 7) is 0. The molecular formula is C16H10ClFN2O2. The molecule has 110 valence electrons. The number of rotatable bonds is 2. The lowest BCUT2D eigenvalue weighted by Gasteiger charge is -2.11. The summed E-state index contributed by atoms with van der Waals surface area (Å²) in [4.78, 5) is 25.3. The number of imide groups is 1. The Hall–Kier alpha value is -2.66. The van der Waals surface area contributed by atoms with Gasteiger partial charge in [0.15, 0.2) is 0 Å². The minimum absolute atomic E-state index is 0.0792. The zero-order chi connectivity index (χ0) is 15.7. The van der Waals surface area contributed by atoms with Gasteiger partial charge in [-0.3, -0.25) is 4.79 Å². The van der Waals surface area contributed by atoms with Gasteiger partial charge in [-0.05, 0) is 42.0 Å². The Bertz CT molecular complexity index is 804. The van der Waals surface area contributed by atoms with Gasteiger partial charge in [-0.15, -0.1) is 0 Å². The highest BCUT2D eigenvalue weighted by molar-refractivity contribution is 6.32. The molecule has 0 aliphatic carbocycles. The smallest absolute Gasteiger partial charge is 0.302 e. The summed E-state index contributed by atoms with van der Waals surface area (Å²) in [7, 11) is 0. The maximum absolute atomic E-state index is 13.2. The number of benzene rings is 2. The normalized spacial score (nSPS) is 16.3. The molecule has 1 aliphatic heterocycles. The third-order valence-electron chi connectivity index (χ3n) is 3.10. The van der Waals surface area contributed by atoms with E-state index in [4.69, 9.17) is 11.6 Å². The van der Waals surface area contributed by atoms with Gasteiger partial charge in [-0.1, -0.05) is 29.8 Å². The van der Waals surface area contributed by atoms with Crippen LogP contribution in [0.5, 0.6) is 0 Å². The molecule has 1 N–H and O–H groups in total. The van der Waals surface area contributed by atoms with Crippen LogP contribution in [0.1, 0.15) is 5.56 Å². The Kier molecular flexibility index (Phi) is 3.65. The highest BCUT2D eigenvalue weighted by atomic mass is 35.5. The minimum Gasteiger partial charge on any atom is -0.302 e. The zero-order valence-corrected chi connectivity index (χ0v) is 12.0. The first kappa shape index (κ1) is 14.3. The van der Waals surface area contributed by atoms with Crippen molar-refractivity contribution < 1.29 is 14.0 Å². The number of urea groups is 1. The summed E-state index contributed by atoms with van der Waals surface area (Å²) in [5, 5.41) is 2.89. The molecule has 0 unspecified atom stereocenters. The van der Waals surface area contributed by atoms with E-state index in [-0.39, 0.29) is 5.70 Å². The van der Waals surface area contributed by atoms with Crippen LogP contribution in [0.4, 0.5) is 14.9 Å². The number of nitrogens with one attached hydrogen (secondary N) is 1. The van der Waals surface area contributed by atoms with E-state index in [9.17, 15) is 14.0 Å². The Morgan fingerprint density at radius 1 is 1.09 bits per heavy atom. The number of carbonyl (C=O) groups excluding carboxylic acids is 2. The molecule has 1 aliphatic rings. The predicted octanol–water partition coefficient (Wildman–Crippen LogP) is 3.58. The average molecular weight is 317 g/mol. The summed E-state index contributed by atoms with van der Waals surface area (Å²) >= 11 is 5.88. The van der Waals surface area contributed by atoms with Crippen LogP contribution >= 0.6 is 11.6 Å². The van der Waals surface area contributed by atoms with Crippen LogP contribution < -0.4 is 10.2 Å². The van der Waals surface area contributed by atoms with Crippen molar-refractivity contribution in [3.05, 3.63) is 70.6 Å². The first-order chi connectivity index (χ1) is 10.5. The number of amides is 3. The summed E-state index contributed by atoms with van der Waals surface area (Å²) in [6.07, 6.45) is 1.42. The fourth-order valence-electron chi connectivity index (χ4n) is 2.15. The molecule has 6 heteroatoms. The molecule has 22 heavy (non-hydrogen) atoms. The van der Waals surface area contributed by atoms with Crippen molar-refractivity contribution in [2.45, 2.75) is 0 Å². The molecule has 4 nitrogen and oxygen atoms in total. The Morgan fingerprint density at radius 3 is 2.59 bits per heavy atom. The van der Waals surface area contributed by atoms with Crippen LogP contribution in [0, 0.1) is 5.82 Å². The maximum Gasteiger partial charge on any atom is 0.333 e. The van der Waals surface area contributed by atoms with E-state index in [1.807, 2.05) is 0 Å². The van der Waals surface area contributed by atoms with Gasteiger partial charge in [0.05, 0.1) is 5.69 Å². The summed E-state index contributed by atoms with van der Waals surface area (Å²) in [5.74, 6) is -0.936. The largest absolute Gasteiger partial charge is 0.333 e. The number of nitrogens with zero attached hydrogens (tertiary/aromatic N) is 1. The molecule has 1 saturated heterocycles. The van der Waals surface area contributed by atoms with Crippen LogP contribution in [-0.4, -0.2) is 11.9 Å². The number of hydrogen-bond donors (Lipinski definition) is 1. The molecule has 0 radical (unpaired) electrons. The van der Waals surface area contributed by atoms with Gasteiger partial charge in [-0.25, -0.2) is 14.1 Å². The third kappa shape index (κ3) is 2.71. The van der Waals surface area contributed by atoms with Crippen molar-refractivity contribution in [2.75, 3.05) is 4.90 Å². The maximum atomic E-state index is 13.2. The van der Waals surface area contributed by atoms with Gasteiger partial charge in [0.25, 0.3) is 5.91 Å². The Morgan fingerprint density at radius 2 is 1.86 bits per heavy atom. The van der Waals surface area contributed by atoms with Crippen molar-refractivity contribution in [3.63, 3.8) is 0 Å². The van der Waals surface area contributed by atoms with Crippen LogP contribution in [0.25, 0.3) is 6.08 Å². The SMILES string of the molecule is O=C1N/C(=C/c2cccc(F)c2)C(=O)N1c1cccc(Cl)c1. The molecule has 0 saturated carbocycles. The first-order valence-electron chi connectivity index (χ1n) is 6.43. The van der Waals surface area contributed by atoms with E-state index in [1.165, 1.54) is 30.3 Å². The van der Waals surface area contributed by atoms with Crippen molar-refractivity contribution >= 4 is 35.3 Å². The van der Waals surface area contributed by atoms with Crippen LogP contribution in [0.2, 0.25) is 5.02 Å². The van der Waals surface area contributed by atoms with Crippen LogP contribution in [-0.2, 0) is 4.79 Å². The number of carbonyl (C=O) groups is 2. The van der Waals surface area contributed by atoms with Gasteiger partial charge in [0, 0.05) is 5.02 Å². The highest BCUT2D eigenvalue weighted by Gasteiger charge is 2.34. The standard InChI is InChI=1S/C16H10ClFN2O2/c17-11-4-2-6-13(9-11)20-15(21)14(19-16(20)22)8-10-3-1-5-12(18)7-10/h1-9H,(H,19,22)/b14-8+. The second-order valence-corrected chi connectivity index (χ2v) is 5.10. The van der Waals surface area contributed by atoms with E-state index < -0.39 is 17.8 Å². The Labute approximate surface area is 130 Å². The highest BCUT2D eigenvalue weighted by Crippen LogP contribution is 2.24. The molecule has 0 bridgehead atoms. The second kappa shape index (κ2) is 5.61. The van der Waals surface area contributed by atoms with Gasteiger partial charge in [0.2, 0.25) is 0 Å². The van der Waals surface area contributed by atoms with Crippen molar-refractivity contribution in [1.29, 1.82) is 0 Å². The second-order valence-electron chi connectivity index (χ2n) is 4.66. The van der Waals surface area contributed by atoms with E-state index in [2.05, 4.69) is 5.32 Å². The molecule has 0 spiro atoms. The molecule has 2 aromatic carbocycles. The lowest BCUT2D eigenvalue weighted by Crippen LogP contribution is -2.30. The lowest BCUT2D eigenvalue weighted by atomic mass is 10.2. The summed E-state index contributed by atoms with van der Waals surface area (Å²) < 4.78 is 13.2. The Balaban J connectivity index is 1.95. The molecule has 2 aromatic rings. The van der Waals surface area contributed by atoms with E-state index in [0.29, 0.717) is 16.3 Å². The molecule has 3 rings (SSSR count). The van der Waals surface area contributed by atoms with Crippen LogP contribution in [0.3, 0.4) is 0 Å². The lowest BCUT2D eigenvalue weighted by molar-refractivity contribution is -0.113. The first-order valence-corrected chi connectivity index (χ1v) is 6.81. The quantitative estimate of drug-likeness (QED) is 0.680. The van der Waals surface area contributed by atoms with Crippen molar-refractivity contribution in [1.82, 2.24) is 5.32 Å². The number of halogens is 2. The molecular weight excluding hydrogens is 307 g/mol. The fourth-order valence-corrected chi connectivity index (χ4v) is 2.33. The molecule has 0 atom stereocenters. The van der Waals surface area contributed by atoms with Gasteiger partial charge in [-0.2, -0.15) is 0 Å². The van der Waals surface area contributed by atoms with Crippen molar-refractivity contribution in [3.8, 4) is 0 Å².